The van der Waals surface area contributed by atoms with Crippen molar-refractivity contribution >= 4 is 17.2 Å². The van der Waals surface area contributed by atoms with Crippen molar-refractivity contribution in [1.82, 2.24) is 10.3 Å². The van der Waals surface area contributed by atoms with Gasteiger partial charge in [-0.3, -0.25) is 4.79 Å². The van der Waals surface area contributed by atoms with Crippen molar-refractivity contribution in [2.24, 2.45) is 17.6 Å². The van der Waals surface area contributed by atoms with E-state index >= 15 is 0 Å². The smallest absolute Gasteiger partial charge is 0.223 e. The summed E-state index contributed by atoms with van der Waals surface area (Å²) in [4.78, 5) is 18.1. The van der Waals surface area contributed by atoms with E-state index in [4.69, 9.17) is 5.73 Å². The van der Waals surface area contributed by atoms with E-state index in [1.807, 2.05) is 0 Å². The Labute approximate surface area is 125 Å². The van der Waals surface area contributed by atoms with E-state index in [1.54, 1.807) is 11.3 Å². The van der Waals surface area contributed by atoms with Crippen LogP contribution in [0, 0.1) is 18.8 Å². The predicted molar refractivity (Wildman–Crippen MR) is 82.7 cm³/mol. The molecule has 1 amide bonds. The Kier molecular flexibility index (Phi) is 5.16. The molecule has 1 aromatic heterocycles. The first-order valence-corrected chi connectivity index (χ1v) is 8.28. The molecule has 1 aromatic rings. The molecule has 0 aromatic carbocycles. The molecule has 1 aliphatic rings. The lowest BCUT2D eigenvalue weighted by Crippen LogP contribution is -2.34. The van der Waals surface area contributed by atoms with Gasteiger partial charge in [0.05, 0.1) is 12.2 Å². The third-order valence-corrected chi connectivity index (χ3v) is 5.12. The number of carbonyl (C=O) groups is 1. The van der Waals surface area contributed by atoms with Crippen LogP contribution in [0.25, 0.3) is 0 Å². The number of nitrogens with zero attached hydrogens (tertiary/aromatic N) is 1. The molecule has 5 heteroatoms. The lowest BCUT2D eigenvalue weighted by molar-refractivity contribution is -0.126. The van der Waals surface area contributed by atoms with Crippen LogP contribution in [0.2, 0.25) is 0 Å². The van der Waals surface area contributed by atoms with Crippen LogP contribution in [-0.2, 0) is 11.3 Å². The van der Waals surface area contributed by atoms with E-state index < -0.39 is 0 Å². The maximum atomic E-state index is 12.2. The molecule has 20 heavy (non-hydrogen) atoms. The zero-order chi connectivity index (χ0) is 14.7. The average molecular weight is 295 g/mol. The summed E-state index contributed by atoms with van der Waals surface area (Å²) in [5.74, 6) is 1.05. The SMILES string of the molecule is Cc1sc(CNC(=O)[C@@H]2CCC[C@@H]2CN)nc1C(C)C. The van der Waals surface area contributed by atoms with Crippen molar-refractivity contribution in [3.63, 3.8) is 0 Å². The molecule has 1 fully saturated rings. The second-order valence-electron chi connectivity index (χ2n) is 5.95. The van der Waals surface area contributed by atoms with Gasteiger partial charge >= 0.3 is 0 Å². The number of nitrogens with one attached hydrogen (secondary N) is 1. The zero-order valence-electron chi connectivity index (χ0n) is 12.6. The minimum atomic E-state index is 0.102. The molecule has 2 atom stereocenters. The molecule has 4 nitrogen and oxygen atoms in total. The monoisotopic (exact) mass is 295 g/mol. The number of hydrogen-bond acceptors (Lipinski definition) is 4. The highest BCUT2D eigenvalue weighted by molar-refractivity contribution is 7.11. The summed E-state index contributed by atoms with van der Waals surface area (Å²) >= 11 is 1.68. The van der Waals surface area contributed by atoms with E-state index in [1.165, 1.54) is 4.88 Å². The Balaban J connectivity index is 1.92. The highest BCUT2D eigenvalue weighted by atomic mass is 32.1. The maximum absolute atomic E-state index is 12.2. The third kappa shape index (κ3) is 3.38. The Morgan fingerprint density at radius 2 is 2.25 bits per heavy atom. The fourth-order valence-electron chi connectivity index (χ4n) is 3.03. The van der Waals surface area contributed by atoms with Gasteiger partial charge in [-0.15, -0.1) is 11.3 Å². The average Bonchev–Trinajstić information content (AvgIpc) is 3.01. The molecule has 0 radical (unpaired) electrons. The Morgan fingerprint density at radius 1 is 1.50 bits per heavy atom. The molecule has 1 heterocycles. The number of aryl methyl sites for hydroxylation is 1. The highest BCUT2D eigenvalue weighted by Gasteiger charge is 2.31. The summed E-state index contributed by atoms with van der Waals surface area (Å²) in [7, 11) is 0. The van der Waals surface area contributed by atoms with E-state index in [-0.39, 0.29) is 11.8 Å². The van der Waals surface area contributed by atoms with Gasteiger partial charge in [0.2, 0.25) is 5.91 Å². The summed E-state index contributed by atoms with van der Waals surface area (Å²) in [5, 5.41) is 4.04. The van der Waals surface area contributed by atoms with Crippen LogP contribution in [-0.4, -0.2) is 17.4 Å². The van der Waals surface area contributed by atoms with Crippen molar-refractivity contribution < 1.29 is 4.79 Å². The molecule has 1 saturated carbocycles. The number of amides is 1. The maximum Gasteiger partial charge on any atom is 0.223 e. The van der Waals surface area contributed by atoms with Crippen molar-refractivity contribution in [3.05, 3.63) is 15.6 Å². The van der Waals surface area contributed by atoms with Gasteiger partial charge in [0.1, 0.15) is 5.01 Å². The molecule has 0 unspecified atom stereocenters. The standard InChI is InChI=1S/C15H25N3OS/c1-9(2)14-10(3)20-13(18-14)8-17-15(19)12-6-4-5-11(12)7-16/h9,11-12H,4-8,16H2,1-3H3,(H,17,19)/t11-,12-/m1/s1. The molecule has 0 saturated heterocycles. The predicted octanol–water partition coefficient (Wildman–Crippen LogP) is 2.57. The summed E-state index contributed by atoms with van der Waals surface area (Å²) in [6.45, 7) is 7.56. The first-order chi connectivity index (χ1) is 9.52. The minimum absolute atomic E-state index is 0.102. The van der Waals surface area contributed by atoms with Crippen LogP contribution in [0.3, 0.4) is 0 Å². The van der Waals surface area contributed by atoms with E-state index in [0.29, 0.717) is 24.9 Å². The third-order valence-electron chi connectivity index (χ3n) is 4.14. The van der Waals surface area contributed by atoms with Crippen LogP contribution >= 0.6 is 11.3 Å². The first kappa shape index (κ1) is 15.4. The van der Waals surface area contributed by atoms with Crippen LogP contribution in [0.15, 0.2) is 0 Å². The number of hydrogen-bond donors (Lipinski definition) is 2. The minimum Gasteiger partial charge on any atom is -0.349 e. The number of rotatable bonds is 5. The Morgan fingerprint density at radius 3 is 2.85 bits per heavy atom. The highest BCUT2D eigenvalue weighted by Crippen LogP contribution is 2.31. The van der Waals surface area contributed by atoms with Crippen molar-refractivity contribution in [1.29, 1.82) is 0 Å². The summed E-state index contributed by atoms with van der Waals surface area (Å²) < 4.78 is 0. The van der Waals surface area contributed by atoms with Crippen molar-refractivity contribution in [3.8, 4) is 0 Å². The normalized spacial score (nSPS) is 22.4. The Bertz CT molecular complexity index is 470. The number of aromatic nitrogens is 1. The van der Waals surface area contributed by atoms with Crippen molar-refractivity contribution in [2.45, 2.75) is 52.5 Å². The summed E-state index contributed by atoms with van der Waals surface area (Å²) in [5.41, 5.74) is 6.89. The van der Waals surface area contributed by atoms with Gasteiger partial charge in [-0.2, -0.15) is 0 Å². The van der Waals surface area contributed by atoms with Gasteiger partial charge in [-0.05, 0) is 38.1 Å². The number of thiazole rings is 1. The second-order valence-corrected chi connectivity index (χ2v) is 7.24. The Hall–Kier alpha value is -0.940. The van der Waals surface area contributed by atoms with Crippen LogP contribution in [0.4, 0.5) is 0 Å². The molecule has 3 N–H and O–H groups in total. The first-order valence-electron chi connectivity index (χ1n) is 7.47. The van der Waals surface area contributed by atoms with Gasteiger partial charge in [0.15, 0.2) is 0 Å². The molecule has 0 bridgehead atoms. The molecule has 1 aliphatic carbocycles. The largest absolute Gasteiger partial charge is 0.349 e. The van der Waals surface area contributed by atoms with Gasteiger partial charge in [0, 0.05) is 10.8 Å². The van der Waals surface area contributed by atoms with E-state index in [9.17, 15) is 4.79 Å². The molecular weight excluding hydrogens is 270 g/mol. The lowest BCUT2D eigenvalue weighted by atomic mass is 9.95. The van der Waals surface area contributed by atoms with Gasteiger partial charge in [-0.1, -0.05) is 20.3 Å². The van der Waals surface area contributed by atoms with Crippen molar-refractivity contribution in [2.75, 3.05) is 6.54 Å². The number of carbonyl (C=O) groups excluding carboxylic acids is 1. The van der Waals surface area contributed by atoms with E-state index in [0.717, 1.165) is 30.0 Å². The fraction of sp³-hybridized carbons (Fsp3) is 0.733. The lowest BCUT2D eigenvalue weighted by Gasteiger charge is -2.16. The van der Waals surface area contributed by atoms with Crippen LogP contribution in [0.5, 0.6) is 0 Å². The van der Waals surface area contributed by atoms with Crippen LogP contribution in [0.1, 0.15) is 54.6 Å². The molecule has 0 spiro atoms. The molecule has 2 rings (SSSR count). The second kappa shape index (κ2) is 6.68. The number of nitrogens with two attached hydrogens (primary N) is 1. The fourth-order valence-corrected chi connectivity index (χ4v) is 4.06. The van der Waals surface area contributed by atoms with Gasteiger partial charge in [0.25, 0.3) is 0 Å². The van der Waals surface area contributed by atoms with Gasteiger partial charge < -0.3 is 11.1 Å². The summed E-state index contributed by atoms with van der Waals surface area (Å²) in [6.07, 6.45) is 3.18. The quantitative estimate of drug-likeness (QED) is 0.877. The summed E-state index contributed by atoms with van der Waals surface area (Å²) in [6, 6.07) is 0. The molecular formula is C15H25N3OS. The molecule has 112 valence electrons. The topological polar surface area (TPSA) is 68.0 Å². The van der Waals surface area contributed by atoms with E-state index in [2.05, 4.69) is 31.1 Å². The molecule has 0 aliphatic heterocycles. The zero-order valence-corrected chi connectivity index (χ0v) is 13.4. The van der Waals surface area contributed by atoms with Crippen LogP contribution < -0.4 is 11.1 Å². The van der Waals surface area contributed by atoms with Gasteiger partial charge in [-0.25, -0.2) is 4.98 Å².